The Bertz CT molecular complexity index is 1010. The topological polar surface area (TPSA) is 75.7 Å². The smallest absolute Gasteiger partial charge is 0.335 e. The summed E-state index contributed by atoms with van der Waals surface area (Å²) >= 11 is 6.06. The molecule has 6 nitrogen and oxygen atoms in total. The maximum atomic E-state index is 13.1. The van der Waals surface area contributed by atoms with Gasteiger partial charge in [0.1, 0.15) is 11.3 Å². The Morgan fingerprint density at radius 1 is 1.14 bits per heavy atom. The molecule has 1 heterocycles. The summed E-state index contributed by atoms with van der Waals surface area (Å²) in [6.07, 6.45) is 1.39. The monoisotopic (exact) mass is 398 g/mol. The van der Waals surface area contributed by atoms with Gasteiger partial charge in [-0.05, 0) is 62.2 Å². The van der Waals surface area contributed by atoms with E-state index in [1.54, 1.807) is 30.3 Å². The highest BCUT2D eigenvalue weighted by Gasteiger charge is 2.37. The third-order valence-corrected chi connectivity index (χ3v) is 4.73. The molecule has 4 amide bonds. The number of carbonyl (C=O) groups excluding carboxylic acids is 3. The van der Waals surface area contributed by atoms with Gasteiger partial charge in [-0.2, -0.15) is 0 Å². The van der Waals surface area contributed by atoms with Gasteiger partial charge in [-0.25, -0.2) is 9.69 Å². The number of carbonyl (C=O) groups is 3. The van der Waals surface area contributed by atoms with Crippen molar-refractivity contribution in [2.24, 2.45) is 0 Å². The first kappa shape index (κ1) is 19.6. The van der Waals surface area contributed by atoms with Crippen molar-refractivity contribution in [3.8, 4) is 5.75 Å². The van der Waals surface area contributed by atoms with E-state index in [-0.39, 0.29) is 5.57 Å². The lowest BCUT2D eigenvalue weighted by Crippen LogP contribution is -2.54. The van der Waals surface area contributed by atoms with Gasteiger partial charge in [0, 0.05) is 10.6 Å². The van der Waals surface area contributed by atoms with E-state index in [0.29, 0.717) is 28.6 Å². The average molecular weight is 399 g/mol. The second-order valence-electron chi connectivity index (χ2n) is 6.29. The van der Waals surface area contributed by atoms with Crippen molar-refractivity contribution in [3.63, 3.8) is 0 Å². The maximum absolute atomic E-state index is 13.1. The number of hydrogen-bond donors (Lipinski definition) is 1. The number of urea groups is 1. The van der Waals surface area contributed by atoms with Gasteiger partial charge in [0.2, 0.25) is 0 Å². The van der Waals surface area contributed by atoms with Crippen molar-refractivity contribution in [1.82, 2.24) is 5.32 Å². The first-order chi connectivity index (χ1) is 13.3. The van der Waals surface area contributed by atoms with Crippen molar-refractivity contribution in [3.05, 3.63) is 63.7 Å². The highest BCUT2D eigenvalue weighted by Crippen LogP contribution is 2.29. The van der Waals surface area contributed by atoms with Gasteiger partial charge in [-0.15, -0.1) is 0 Å². The third kappa shape index (κ3) is 3.64. The van der Waals surface area contributed by atoms with Gasteiger partial charge in [0.05, 0.1) is 12.3 Å². The lowest BCUT2D eigenvalue weighted by molar-refractivity contribution is -0.122. The molecule has 0 spiro atoms. The van der Waals surface area contributed by atoms with Crippen LogP contribution in [0.25, 0.3) is 6.08 Å². The van der Waals surface area contributed by atoms with E-state index >= 15 is 0 Å². The number of rotatable bonds is 4. The molecule has 0 aromatic heterocycles. The van der Waals surface area contributed by atoms with Crippen LogP contribution in [0.2, 0.25) is 5.02 Å². The summed E-state index contributed by atoms with van der Waals surface area (Å²) in [6.45, 7) is 5.93. The second kappa shape index (κ2) is 7.86. The average Bonchev–Trinajstić information content (AvgIpc) is 2.64. The number of halogens is 1. The van der Waals surface area contributed by atoms with Crippen LogP contribution in [0.4, 0.5) is 10.5 Å². The van der Waals surface area contributed by atoms with E-state index in [1.807, 2.05) is 26.8 Å². The summed E-state index contributed by atoms with van der Waals surface area (Å²) < 4.78 is 5.54. The highest BCUT2D eigenvalue weighted by molar-refractivity contribution is 6.39. The summed E-state index contributed by atoms with van der Waals surface area (Å²) in [7, 11) is 0. The largest absolute Gasteiger partial charge is 0.493 e. The molecule has 144 valence electrons. The Morgan fingerprint density at radius 2 is 1.89 bits per heavy atom. The molecular weight excluding hydrogens is 380 g/mol. The van der Waals surface area contributed by atoms with Gasteiger partial charge in [0.25, 0.3) is 11.8 Å². The van der Waals surface area contributed by atoms with Gasteiger partial charge in [-0.1, -0.05) is 23.7 Å². The first-order valence-electron chi connectivity index (χ1n) is 8.73. The van der Waals surface area contributed by atoms with Crippen LogP contribution >= 0.6 is 11.6 Å². The predicted molar refractivity (Wildman–Crippen MR) is 108 cm³/mol. The molecule has 2 aromatic rings. The van der Waals surface area contributed by atoms with Crippen LogP contribution in [0.1, 0.15) is 23.6 Å². The predicted octanol–water partition coefficient (Wildman–Crippen LogP) is 4.02. The Balaban J connectivity index is 2.10. The highest BCUT2D eigenvalue weighted by atomic mass is 35.5. The number of aryl methyl sites for hydroxylation is 1. The zero-order valence-corrected chi connectivity index (χ0v) is 16.5. The second-order valence-corrected chi connectivity index (χ2v) is 6.73. The van der Waals surface area contributed by atoms with E-state index in [9.17, 15) is 14.4 Å². The molecule has 0 radical (unpaired) electrons. The number of ether oxygens (including phenoxy) is 1. The number of imide groups is 2. The fourth-order valence-electron chi connectivity index (χ4n) is 2.93. The van der Waals surface area contributed by atoms with Gasteiger partial charge in [0.15, 0.2) is 0 Å². The Labute approximate surface area is 167 Å². The third-order valence-electron chi connectivity index (χ3n) is 4.49. The number of benzene rings is 2. The first-order valence-corrected chi connectivity index (χ1v) is 9.11. The standard InChI is InChI=1S/C21H19ClN2O4/c1-4-28-18-9-8-15(22)10-14(18)11-16-19(25)23-21(27)24(20(16)26)17-7-5-6-12(2)13(17)3/h5-11H,4H2,1-3H3,(H,23,25,27)/b16-11+. The van der Waals surface area contributed by atoms with Crippen LogP contribution in [0, 0.1) is 13.8 Å². The number of anilines is 1. The molecule has 1 N–H and O–H groups in total. The molecule has 1 saturated heterocycles. The molecule has 1 aliphatic rings. The maximum Gasteiger partial charge on any atom is 0.335 e. The molecule has 0 atom stereocenters. The fraction of sp³-hybridized carbons (Fsp3) is 0.190. The van der Waals surface area contributed by atoms with E-state index in [4.69, 9.17) is 16.3 Å². The Morgan fingerprint density at radius 3 is 2.61 bits per heavy atom. The van der Waals surface area contributed by atoms with Crippen LogP contribution in [0.5, 0.6) is 5.75 Å². The lowest BCUT2D eigenvalue weighted by Gasteiger charge is -2.28. The number of amides is 4. The molecular formula is C21H19ClN2O4. The van der Waals surface area contributed by atoms with E-state index in [1.165, 1.54) is 6.08 Å². The van der Waals surface area contributed by atoms with E-state index in [0.717, 1.165) is 16.0 Å². The number of hydrogen-bond acceptors (Lipinski definition) is 4. The van der Waals surface area contributed by atoms with Gasteiger partial charge < -0.3 is 4.74 Å². The molecule has 1 aliphatic heterocycles. The Kier molecular flexibility index (Phi) is 5.51. The minimum absolute atomic E-state index is 0.177. The van der Waals surface area contributed by atoms with Crippen LogP contribution in [-0.4, -0.2) is 24.5 Å². The van der Waals surface area contributed by atoms with Crippen molar-refractivity contribution in [1.29, 1.82) is 0 Å². The SMILES string of the molecule is CCOc1ccc(Cl)cc1/C=C1\C(=O)NC(=O)N(c2cccc(C)c2C)C1=O. The van der Waals surface area contributed by atoms with Crippen molar-refractivity contribution in [2.45, 2.75) is 20.8 Å². The summed E-state index contributed by atoms with van der Waals surface area (Å²) in [5.74, 6) is -0.987. The lowest BCUT2D eigenvalue weighted by atomic mass is 10.0. The molecule has 2 aromatic carbocycles. The number of nitrogens with zero attached hydrogens (tertiary/aromatic N) is 1. The van der Waals surface area contributed by atoms with Gasteiger partial charge >= 0.3 is 6.03 Å². The normalized spacial score (nSPS) is 15.8. The van der Waals surface area contributed by atoms with Crippen molar-refractivity contribution in [2.75, 3.05) is 11.5 Å². The molecule has 28 heavy (non-hydrogen) atoms. The quantitative estimate of drug-likeness (QED) is 0.623. The van der Waals surface area contributed by atoms with Crippen LogP contribution < -0.4 is 15.0 Å². The minimum atomic E-state index is -0.781. The zero-order chi connectivity index (χ0) is 20.4. The molecule has 0 saturated carbocycles. The molecule has 0 bridgehead atoms. The fourth-order valence-corrected chi connectivity index (χ4v) is 3.11. The molecule has 3 rings (SSSR count). The number of barbiturate groups is 1. The minimum Gasteiger partial charge on any atom is -0.493 e. The van der Waals surface area contributed by atoms with Crippen LogP contribution in [0.15, 0.2) is 42.0 Å². The summed E-state index contributed by atoms with van der Waals surface area (Å²) in [4.78, 5) is 38.8. The van der Waals surface area contributed by atoms with Gasteiger partial charge in [-0.3, -0.25) is 14.9 Å². The molecule has 0 aliphatic carbocycles. The van der Waals surface area contributed by atoms with E-state index < -0.39 is 17.8 Å². The molecule has 1 fully saturated rings. The summed E-state index contributed by atoms with van der Waals surface area (Å²) in [6, 6.07) is 9.43. The van der Waals surface area contributed by atoms with Crippen molar-refractivity contribution >= 4 is 41.2 Å². The summed E-state index contributed by atoms with van der Waals surface area (Å²) in [5, 5.41) is 2.66. The number of nitrogens with one attached hydrogen (secondary N) is 1. The van der Waals surface area contributed by atoms with Crippen LogP contribution in [-0.2, 0) is 9.59 Å². The molecule has 7 heteroatoms. The van der Waals surface area contributed by atoms with E-state index in [2.05, 4.69) is 5.32 Å². The summed E-state index contributed by atoms with van der Waals surface area (Å²) in [5.41, 5.74) is 2.43. The Hall–Kier alpha value is -3.12. The molecule has 0 unspecified atom stereocenters. The zero-order valence-electron chi connectivity index (χ0n) is 15.7. The van der Waals surface area contributed by atoms with Crippen molar-refractivity contribution < 1.29 is 19.1 Å². The van der Waals surface area contributed by atoms with Crippen LogP contribution in [0.3, 0.4) is 0 Å².